The third kappa shape index (κ3) is 1.48. The number of hydrazine groups is 2. The number of hydrogen-bond donors (Lipinski definition) is 3. The number of hydrogen-bond acceptors (Lipinski definition) is 4. The van der Waals surface area contributed by atoms with Crippen LogP contribution in [0.5, 0.6) is 0 Å². The normalized spacial score (nSPS) is 20.1. The highest BCUT2D eigenvalue weighted by Gasteiger charge is 2.11. The molecule has 0 bridgehead atoms. The summed E-state index contributed by atoms with van der Waals surface area (Å²) in [4.78, 5) is 10.4. The fraction of sp³-hybridized carbons (Fsp3) is 0. The molecule has 0 saturated carbocycles. The number of aliphatic hydroxyl groups is 1. The van der Waals surface area contributed by atoms with Gasteiger partial charge in [-0.1, -0.05) is 0 Å². The predicted molar refractivity (Wildman–Crippen MR) is 29.7 cm³/mol. The molecule has 1 amide bonds. The van der Waals surface area contributed by atoms with Crippen molar-refractivity contribution in [3.8, 4) is 0 Å². The minimum Gasteiger partial charge on any atom is -0.494 e. The first-order valence-corrected chi connectivity index (χ1v) is 2.46. The second kappa shape index (κ2) is 2.12. The topological polar surface area (TPSA) is 64.6 Å². The Morgan fingerprint density at radius 1 is 1.67 bits per heavy atom. The Balaban J connectivity index is 2.67. The van der Waals surface area contributed by atoms with Gasteiger partial charge in [-0.15, -0.1) is 0 Å². The Morgan fingerprint density at radius 3 is 2.78 bits per heavy atom. The maximum atomic E-state index is 10.4. The number of carbonyl (C=O) groups is 1. The molecule has 1 aliphatic rings. The first-order chi connectivity index (χ1) is 4.18. The van der Waals surface area contributed by atoms with Crippen LogP contribution in [0.15, 0.2) is 12.0 Å². The first-order valence-electron chi connectivity index (χ1n) is 2.12. The van der Waals surface area contributed by atoms with Gasteiger partial charge >= 0.3 is 0 Å². The summed E-state index contributed by atoms with van der Waals surface area (Å²) < 4.78 is 0.734. The molecule has 1 rings (SSSR count). The Labute approximate surface area is 55.9 Å². The Morgan fingerprint density at radius 2 is 2.33 bits per heavy atom. The zero-order chi connectivity index (χ0) is 6.85. The molecule has 3 N–H and O–H groups in total. The first kappa shape index (κ1) is 6.18. The molecule has 0 fully saturated rings. The molecule has 6 heteroatoms. The highest BCUT2D eigenvalue weighted by molar-refractivity contribution is 6.14. The van der Waals surface area contributed by atoms with Gasteiger partial charge in [-0.2, -0.15) is 0 Å². The summed E-state index contributed by atoms with van der Waals surface area (Å²) in [6, 6.07) is 0. The number of nitrogens with zero attached hydrogens (tertiary/aromatic N) is 1. The van der Waals surface area contributed by atoms with Crippen LogP contribution in [0.4, 0.5) is 0 Å². The molecule has 0 atom stereocenters. The highest BCUT2D eigenvalue weighted by Crippen LogP contribution is 1.93. The van der Waals surface area contributed by atoms with E-state index in [0.717, 1.165) is 10.7 Å². The fourth-order valence-corrected chi connectivity index (χ4v) is 0.584. The fourth-order valence-electron chi connectivity index (χ4n) is 0.414. The molecule has 0 radical (unpaired) electrons. The van der Waals surface area contributed by atoms with Gasteiger partial charge in [0.1, 0.15) is 0 Å². The second-order valence-electron chi connectivity index (χ2n) is 1.40. The van der Waals surface area contributed by atoms with Crippen molar-refractivity contribution in [2.24, 2.45) is 0 Å². The van der Waals surface area contributed by atoms with Crippen LogP contribution in [-0.2, 0) is 4.79 Å². The lowest BCUT2D eigenvalue weighted by molar-refractivity contribution is -0.121. The number of rotatable bonds is 0. The molecule has 1 heterocycles. The molecule has 0 aliphatic carbocycles. The summed E-state index contributed by atoms with van der Waals surface area (Å²) in [5, 5.41) is 8.61. The zero-order valence-corrected chi connectivity index (χ0v) is 5.01. The SMILES string of the molecule is O=C1C=C(O)NN(Cl)N1. The average molecular weight is 150 g/mol. The van der Waals surface area contributed by atoms with Crippen molar-refractivity contribution >= 4 is 17.7 Å². The molecule has 0 aromatic rings. The van der Waals surface area contributed by atoms with E-state index in [1.807, 2.05) is 0 Å². The van der Waals surface area contributed by atoms with Gasteiger partial charge in [0.15, 0.2) is 0 Å². The lowest BCUT2D eigenvalue weighted by Gasteiger charge is -2.18. The molecular formula is C3H4ClN3O2. The van der Waals surface area contributed by atoms with Gasteiger partial charge < -0.3 is 5.11 Å². The van der Waals surface area contributed by atoms with E-state index in [-0.39, 0.29) is 5.88 Å². The van der Waals surface area contributed by atoms with E-state index in [2.05, 4.69) is 10.9 Å². The quantitative estimate of drug-likeness (QED) is 0.402. The van der Waals surface area contributed by atoms with Crippen LogP contribution in [-0.4, -0.2) is 15.7 Å². The Bertz CT molecular complexity index is 168. The van der Waals surface area contributed by atoms with Crippen LogP contribution in [0.1, 0.15) is 0 Å². The number of aliphatic hydroxyl groups excluding tert-OH is 1. The van der Waals surface area contributed by atoms with Crippen LogP contribution >= 0.6 is 11.8 Å². The van der Waals surface area contributed by atoms with E-state index in [1.165, 1.54) is 0 Å². The second-order valence-corrected chi connectivity index (χ2v) is 1.74. The molecule has 9 heavy (non-hydrogen) atoms. The van der Waals surface area contributed by atoms with Gasteiger partial charge in [-0.05, 0) is 4.64 Å². The number of amides is 1. The third-order valence-electron chi connectivity index (χ3n) is 0.689. The van der Waals surface area contributed by atoms with E-state index in [9.17, 15) is 4.79 Å². The van der Waals surface area contributed by atoms with E-state index < -0.39 is 5.91 Å². The van der Waals surface area contributed by atoms with Gasteiger partial charge in [0.2, 0.25) is 5.88 Å². The molecule has 0 spiro atoms. The maximum Gasteiger partial charge on any atom is 0.266 e. The predicted octanol–water partition coefficient (Wildman–Crippen LogP) is -0.609. The molecule has 1 aliphatic heterocycles. The summed E-state index contributed by atoms with van der Waals surface area (Å²) in [5.74, 6) is -0.755. The van der Waals surface area contributed by atoms with Crippen molar-refractivity contribution in [3.05, 3.63) is 12.0 Å². The Hall–Kier alpha value is -0.940. The lowest BCUT2D eigenvalue weighted by atomic mass is 10.5. The van der Waals surface area contributed by atoms with Crippen LogP contribution in [0, 0.1) is 0 Å². The van der Waals surface area contributed by atoms with Crippen LogP contribution in [0.2, 0.25) is 0 Å². The average Bonchev–Trinajstić information content (AvgIpc) is 1.59. The standard InChI is InChI=1S/C3H4ClN3O2/c4-7-5-2(8)1-3(9)6-7/h1,5,8H,(H,6,9). The third-order valence-corrected chi connectivity index (χ3v) is 0.858. The summed E-state index contributed by atoms with van der Waals surface area (Å²) in [6.45, 7) is 0. The van der Waals surface area contributed by atoms with Crippen molar-refractivity contribution in [2.45, 2.75) is 0 Å². The van der Waals surface area contributed by atoms with Crippen LogP contribution in [0.25, 0.3) is 0 Å². The van der Waals surface area contributed by atoms with Crippen molar-refractivity contribution in [3.63, 3.8) is 0 Å². The minimum absolute atomic E-state index is 0.284. The number of halogens is 1. The summed E-state index contributed by atoms with van der Waals surface area (Å²) >= 11 is 5.20. The largest absolute Gasteiger partial charge is 0.494 e. The van der Waals surface area contributed by atoms with Crippen LogP contribution in [0.3, 0.4) is 0 Å². The minimum atomic E-state index is -0.471. The van der Waals surface area contributed by atoms with Gasteiger partial charge in [0.25, 0.3) is 5.91 Å². The molecule has 0 unspecified atom stereocenters. The van der Waals surface area contributed by atoms with Gasteiger partial charge in [-0.3, -0.25) is 15.6 Å². The smallest absolute Gasteiger partial charge is 0.266 e. The van der Waals surface area contributed by atoms with Gasteiger partial charge in [0.05, 0.1) is 6.08 Å². The highest BCUT2D eigenvalue weighted by atomic mass is 35.5. The summed E-state index contributed by atoms with van der Waals surface area (Å²) in [6.07, 6.45) is 0.971. The van der Waals surface area contributed by atoms with Gasteiger partial charge in [-0.25, -0.2) is 0 Å². The zero-order valence-electron chi connectivity index (χ0n) is 4.26. The molecule has 0 aromatic carbocycles. The van der Waals surface area contributed by atoms with Crippen molar-refractivity contribution in [2.75, 3.05) is 0 Å². The molecule has 50 valence electrons. The molecular weight excluding hydrogens is 146 g/mol. The molecule has 0 saturated heterocycles. The van der Waals surface area contributed by atoms with E-state index in [1.54, 1.807) is 0 Å². The van der Waals surface area contributed by atoms with E-state index >= 15 is 0 Å². The number of nitrogens with one attached hydrogen (secondary N) is 2. The monoisotopic (exact) mass is 149 g/mol. The summed E-state index contributed by atoms with van der Waals surface area (Å²) in [5.41, 5.74) is 4.32. The van der Waals surface area contributed by atoms with Gasteiger partial charge in [0, 0.05) is 11.8 Å². The van der Waals surface area contributed by atoms with Crippen molar-refractivity contribution in [1.29, 1.82) is 0 Å². The molecule has 0 aromatic heterocycles. The van der Waals surface area contributed by atoms with E-state index in [4.69, 9.17) is 16.9 Å². The lowest BCUT2D eigenvalue weighted by Crippen LogP contribution is -2.47. The maximum absolute atomic E-state index is 10.4. The van der Waals surface area contributed by atoms with Crippen LogP contribution < -0.4 is 10.9 Å². The molecule has 5 nitrogen and oxygen atoms in total. The van der Waals surface area contributed by atoms with Crippen molar-refractivity contribution in [1.82, 2.24) is 15.5 Å². The summed E-state index contributed by atoms with van der Waals surface area (Å²) in [7, 11) is 0. The number of carbonyl (C=O) groups excluding carboxylic acids is 1. The van der Waals surface area contributed by atoms with Crippen molar-refractivity contribution < 1.29 is 9.90 Å². The Kier molecular flexibility index (Phi) is 1.46. The van der Waals surface area contributed by atoms with E-state index in [0.29, 0.717) is 0 Å².